The van der Waals surface area contributed by atoms with Gasteiger partial charge in [0.1, 0.15) is 5.78 Å². The largest absolute Gasteiger partial charge is 0.481 e. The number of hydrogen-bond acceptors (Lipinski definition) is 7. The Bertz CT molecular complexity index is 1510. The molecule has 1 aromatic rings. The van der Waals surface area contributed by atoms with Crippen molar-refractivity contribution in [3.8, 4) is 0 Å². The van der Waals surface area contributed by atoms with E-state index >= 15 is 0 Å². The summed E-state index contributed by atoms with van der Waals surface area (Å²) in [6, 6.07) is 0. The van der Waals surface area contributed by atoms with Crippen molar-refractivity contribution >= 4 is 54.1 Å². The zero-order chi connectivity index (χ0) is 44.0. The molecule has 0 amide bonds. The van der Waals surface area contributed by atoms with Gasteiger partial charge in [-0.3, -0.25) is 9.59 Å². The molecule has 0 saturated carbocycles. The lowest BCUT2D eigenvalue weighted by molar-refractivity contribution is -0.146. The highest BCUT2D eigenvalue weighted by Gasteiger charge is 2.50. The van der Waals surface area contributed by atoms with E-state index in [1.165, 1.54) is 11.1 Å². The van der Waals surface area contributed by atoms with Gasteiger partial charge in [0.15, 0.2) is 25.0 Å². The molecule has 0 fully saturated rings. The van der Waals surface area contributed by atoms with E-state index in [2.05, 4.69) is 145 Å². The third kappa shape index (κ3) is 15.1. The number of ketones is 1. The van der Waals surface area contributed by atoms with Crippen molar-refractivity contribution in [3.63, 3.8) is 0 Å². The molecule has 56 heavy (non-hydrogen) atoms. The Morgan fingerprint density at radius 3 is 1.75 bits per heavy atom. The van der Waals surface area contributed by atoms with Crippen LogP contribution in [0.25, 0.3) is 6.08 Å². The summed E-state index contributed by atoms with van der Waals surface area (Å²) in [7, 11) is -6.69. The number of carbonyl (C=O) groups is 2. The predicted molar refractivity (Wildman–Crippen MR) is 248 cm³/mol. The molecule has 324 valence electrons. The molecule has 5 atom stereocenters. The van der Waals surface area contributed by atoms with Crippen LogP contribution in [0.1, 0.15) is 147 Å². The van der Waals surface area contributed by atoms with Crippen molar-refractivity contribution in [2.75, 3.05) is 0 Å². The molecule has 0 saturated heterocycles. The molecule has 7 nitrogen and oxygen atoms in total. The number of rotatable bonds is 21. The number of aliphatic carboxylic acids is 1. The summed E-state index contributed by atoms with van der Waals surface area (Å²) in [6.07, 6.45) is 6.92. The number of carbonyl (C=O) groups excluding carboxylic acids is 1. The quantitative estimate of drug-likeness (QED) is 0.0972. The fourth-order valence-electron chi connectivity index (χ4n) is 6.17. The normalized spacial score (nSPS) is 17.4. The van der Waals surface area contributed by atoms with Crippen molar-refractivity contribution < 1.29 is 28.0 Å². The van der Waals surface area contributed by atoms with Crippen LogP contribution in [0.3, 0.4) is 0 Å². The summed E-state index contributed by atoms with van der Waals surface area (Å²) < 4.78 is 20.9. The van der Waals surface area contributed by atoms with Gasteiger partial charge < -0.3 is 18.4 Å². The summed E-state index contributed by atoms with van der Waals surface area (Å²) in [5.41, 5.74) is 2.51. The van der Waals surface area contributed by atoms with Gasteiger partial charge in [-0.05, 0) is 118 Å². The predicted octanol–water partition coefficient (Wildman–Crippen LogP) is 13.9. The maximum atomic E-state index is 14.7. The minimum absolute atomic E-state index is 0.0121. The zero-order valence-corrected chi connectivity index (χ0v) is 43.8. The second-order valence-corrected chi connectivity index (χ2v) is 37.2. The SMILES string of the molecule is C/C(=C\C[C@H](O[Si](C)(C)C(C)(C)C)/C(C)=C/c1csc(C)n1)CCC[C@H](C)[C@H](O[Si](C)(C)C(C)(C)C)[C@@H](C)C(=O)C(C)(C)[C@H](CC(=O)O)O[Si](C)(C)C(C)(C)C. The Hall–Kier alpha value is -1.22. The lowest BCUT2D eigenvalue weighted by Crippen LogP contribution is -2.54. The first kappa shape index (κ1) is 52.8. The molecular weight excluding hydrogens is 767 g/mol. The van der Waals surface area contributed by atoms with E-state index in [9.17, 15) is 14.7 Å². The van der Waals surface area contributed by atoms with Crippen molar-refractivity contribution in [1.29, 1.82) is 0 Å². The van der Waals surface area contributed by atoms with Crippen LogP contribution in [0.15, 0.2) is 22.6 Å². The Kier molecular flexibility index (Phi) is 18.8. The van der Waals surface area contributed by atoms with Crippen LogP contribution < -0.4 is 0 Å². The molecule has 0 bridgehead atoms. The number of Topliss-reactive ketones (excluding diaryl/α,β-unsaturated/α-hetero) is 1. The molecule has 0 aliphatic rings. The van der Waals surface area contributed by atoms with Crippen molar-refractivity contribution in [2.45, 2.75) is 216 Å². The van der Waals surface area contributed by atoms with Crippen molar-refractivity contribution in [2.24, 2.45) is 17.3 Å². The molecule has 0 unspecified atom stereocenters. The van der Waals surface area contributed by atoms with E-state index in [1.807, 2.05) is 27.7 Å². The second kappa shape index (κ2) is 19.9. The maximum Gasteiger partial charge on any atom is 0.305 e. The van der Waals surface area contributed by atoms with E-state index in [1.54, 1.807) is 11.3 Å². The molecule has 1 rings (SSSR count). The molecule has 1 N–H and O–H groups in total. The van der Waals surface area contributed by atoms with Crippen LogP contribution in [0.2, 0.25) is 54.4 Å². The fourth-order valence-corrected chi connectivity index (χ4v) is 11.0. The molecule has 0 aliphatic carbocycles. The van der Waals surface area contributed by atoms with Crippen LogP contribution in [-0.4, -0.2) is 65.1 Å². The first-order valence-corrected chi connectivity index (χ1v) is 30.6. The molecule has 0 spiro atoms. The first-order valence-electron chi connectivity index (χ1n) is 21.0. The first-order chi connectivity index (χ1) is 25.0. The van der Waals surface area contributed by atoms with Crippen LogP contribution in [0.4, 0.5) is 0 Å². The van der Waals surface area contributed by atoms with Gasteiger partial charge in [0.2, 0.25) is 0 Å². The fraction of sp³-hybridized carbons (Fsp3) is 0.800. The Labute approximate surface area is 351 Å². The number of thiazole rings is 1. The van der Waals surface area contributed by atoms with E-state index in [-0.39, 0.29) is 45.4 Å². The average molecular weight is 853 g/mol. The van der Waals surface area contributed by atoms with Gasteiger partial charge in [0.05, 0.1) is 35.4 Å². The number of nitrogens with zero attached hydrogens (tertiary/aromatic N) is 1. The number of hydrogen-bond donors (Lipinski definition) is 1. The maximum absolute atomic E-state index is 14.7. The summed E-state index contributed by atoms with van der Waals surface area (Å²) in [5.74, 6) is -1.26. The smallest absolute Gasteiger partial charge is 0.305 e. The summed E-state index contributed by atoms with van der Waals surface area (Å²) in [6.45, 7) is 47.8. The van der Waals surface area contributed by atoms with Gasteiger partial charge in [0, 0.05) is 16.7 Å². The number of aromatic nitrogens is 1. The van der Waals surface area contributed by atoms with Crippen molar-refractivity contribution in [3.05, 3.63) is 33.3 Å². The third-order valence-electron chi connectivity index (χ3n) is 13.4. The minimum Gasteiger partial charge on any atom is -0.481 e. The topological polar surface area (TPSA) is 95.0 Å². The van der Waals surface area contributed by atoms with Gasteiger partial charge >= 0.3 is 5.97 Å². The van der Waals surface area contributed by atoms with E-state index < -0.39 is 48.4 Å². The highest BCUT2D eigenvalue weighted by Crippen LogP contribution is 2.44. The Morgan fingerprint density at radius 2 is 1.30 bits per heavy atom. The third-order valence-corrected chi connectivity index (χ3v) is 27.7. The molecular formula is C45H85NO6SSi3. The van der Waals surface area contributed by atoms with E-state index in [0.29, 0.717) is 0 Å². The lowest BCUT2D eigenvalue weighted by Gasteiger charge is -2.46. The standard InChI is InChI=1S/C45H85NO6SSi3/c1-31(26-27-37(50-54(17,18)42(6,7)8)33(3)28-36-30-53-35(5)46-36)24-23-25-32(2)40(52-56(21,22)44(12,13)14)34(4)41(49)45(15,16)38(29-39(47)48)51-55(19,20)43(9,10)11/h26,28,30,32,34,37-38,40H,23-25,27,29H2,1-22H3,(H,47,48)/b31-26+,33-28+/t32-,34+,37-,38-,40-/m0/s1. The summed E-state index contributed by atoms with van der Waals surface area (Å²) >= 11 is 1.67. The van der Waals surface area contributed by atoms with E-state index in [0.717, 1.165) is 36.4 Å². The Morgan fingerprint density at radius 1 is 0.821 bits per heavy atom. The molecule has 1 heterocycles. The van der Waals surface area contributed by atoms with Crippen molar-refractivity contribution in [1.82, 2.24) is 4.98 Å². The number of carboxylic acids is 1. The molecule has 0 aliphatic heterocycles. The van der Waals surface area contributed by atoms with Gasteiger partial charge in [-0.15, -0.1) is 11.3 Å². The summed E-state index contributed by atoms with van der Waals surface area (Å²) in [4.78, 5) is 31.6. The van der Waals surface area contributed by atoms with Gasteiger partial charge in [0.25, 0.3) is 0 Å². The Balaban J connectivity index is 3.37. The summed E-state index contributed by atoms with van der Waals surface area (Å²) in [5, 5.41) is 13.1. The zero-order valence-electron chi connectivity index (χ0n) is 40.0. The van der Waals surface area contributed by atoms with Gasteiger partial charge in [-0.1, -0.05) is 102 Å². The van der Waals surface area contributed by atoms with Crippen LogP contribution in [0, 0.1) is 24.2 Å². The lowest BCUT2D eigenvalue weighted by atomic mass is 9.73. The van der Waals surface area contributed by atoms with Crippen LogP contribution in [0.5, 0.6) is 0 Å². The highest BCUT2D eigenvalue weighted by atomic mass is 32.1. The number of aryl methyl sites for hydroxylation is 1. The molecule has 0 radical (unpaired) electrons. The molecule has 1 aromatic heterocycles. The van der Waals surface area contributed by atoms with Gasteiger partial charge in [-0.2, -0.15) is 0 Å². The van der Waals surface area contributed by atoms with Crippen LogP contribution in [-0.2, 0) is 22.9 Å². The van der Waals surface area contributed by atoms with Gasteiger partial charge in [-0.25, -0.2) is 4.98 Å². The second-order valence-electron chi connectivity index (χ2n) is 21.9. The minimum atomic E-state index is -2.38. The van der Waals surface area contributed by atoms with E-state index in [4.69, 9.17) is 13.3 Å². The monoisotopic (exact) mass is 852 g/mol. The number of allylic oxidation sites excluding steroid dienone is 1. The van der Waals surface area contributed by atoms with Crippen LogP contribution >= 0.6 is 11.3 Å². The average Bonchev–Trinajstić information content (AvgIpc) is 3.42. The highest BCUT2D eigenvalue weighted by molar-refractivity contribution is 7.09. The molecule has 11 heteroatoms. The number of carboxylic acid groups (broad SMARTS) is 1. The molecule has 0 aromatic carbocycles.